The Bertz CT molecular complexity index is 197. The largest absolute Gasteiger partial charge is 0.395 e. The molecule has 1 atom stereocenters. The maximum absolute atomic E-state index is 9.99. The summed E-state index contributed by atoms with van der Waals surface area (Å²) < 4.78 is 0. The highest BCUT2D eigenvalue weighted by atomic mass is 16.3. The van der Waals surface area contributed by atoms with Gasteiger partial charge in [-0.05, 0) is 24.7 Å². The van der Waals surface area contributed by atoms with Crippen LogP contribution in [0.5, 0.6) is 0 Å². The summed E-state index contributed by atoms with van der Waals surface area (Å²) in [4.78, 5) is 2.33. The van der Waals surface area contributed by atoms with Crippen molar-refractivity contribution in [1.29, 1.82) is 0 Å². The Labute approximate surface area is 99.5 Å². The minimum absolute atomic E-state index is 0.0372. The summed E-state index contributed by atoms with van der Waals surface area (Å²) in [6, 6.07) is 0.652. The summed E-state index contributed by atoms with van der Waals surface area (Å²) in [5.74, 6) is 0. The normalized spacial score (nSPS) is 19.9. The highest BCUT2D eigenvalue weighted by molar-refractivity contribution is 4.82. The summed E-state index contributed by atoms with van der Waals surface area (Å²) >= 11 is 0. The van der Waals surface area contributed by atoms with Crippen molar-refractivity contribution in [3.8, 4) is 0 Å². The van der Waals surface area contributed by atoms with Crippen LogP contribution in [0.4, 0.5) is 0 Å². The van der Waals surface area contributed by atoms with E-state index in [-0.39, 0.29) is 18.1 Å². The summed E-state index contributed by atoms with van der Waals surface area (Å²) in [6.45, 7) is 8.08. The lowest BCUT2D eigenvalue weighted by atomic mass is 9.86. The van der Waals surface area contributed by atoms with E-state index in [1.54, 1.807) is 0 Å². The third-order valence-corrected chi connectivity index (χ3v) is 3.67. The first-order chi connectivity index (χ1) is 7.45. The molecule has 0 aliphatic heterocycles. The first-order valence-corrected chi connectivity index (χ1v) is 6.48. The van der Waals surface area contributed by atoms with Crippen LogP contribution in [0.2, 0.25) is 0 Å². The van der Waals surface area contributed by atoms with Crippen molar-refractivity contribution in [3.63, 3.8) is 0 Å². The molecule has 0 aromatic heterocycles. The van der Waals surface area contributed by atoms with E-state index < -0.39 is 0 Å². The number of aliphatic hydroxyl groups is 2. The zero-order valence-electron chi connectivity index (χ0n) is 10.9. The fourth-order valence-corrected chi connectivity index (χ4v) is 2.08. The van der Waals surface area contributed by atoms with E-state index in [2.05, 4.69) is 25.7 Å². The van der Waals surface area contributed by atoms with Crippen LogP contribution in [-0.2, 0) is 0 Å². The Morgan fingerprint density at radius 2 is 1.88 bits per heavy atom. The molecule has 0 aromatic rings. The molecule has 1 unspecified atom stereocenters. The van der Waals surface area contributed by atoms with Crippen molar-refractivity contribution in [2.24, 2.45) is 5.41 Å². The highest BCUT2D eigenvalue weighted by Gasteiger charge is 2.27. The number of hydrogen-bond donors (Lipinski definition) is 2. The molecule has 0 spiro atoms. The fourth-order valence-electron chi connectivity index (χ4n) is 2.08. The fraction of sp³-hybridized carbons (Fsp3) is 1.00. The second-order valence-corrected chi connectivity index (χ2v) is 6.01. The standard InChI is InChI=1S/C13H27NO2/c1-13(2,3)12(16)7-8-14(9-10-15)11-5-4-6-11/h11-12,15-16H,4-10H2,1-3H3. The molecule has 2 N–H and O–H groups in total. The minimum Gasteiger partial charge on any atom is -0.395 e. The van der Waals surface area contributed by atoms with Gasteiger partial charge in [-0.25, -0.2) is 0 Å². The molecule has 0 amide bonds. The van der Waals surface area contributed by atoms with E-state index in [4.69, 9.17) is 5.11 Å². The van der Waals surface area contributed by atoms with Crippen LogP contribution in [0.15, 0.2) is 0 Å². The predicted molar refractivity (Wildman–Crippen MR) is 66.4 cm³/mol. The molecule has 3 heteroatoms. The zero-order chi connectivity index (χ0) is 12.2. The quantitative estimate of drug-likeness (QED) is 0.727. The van der Waals surface area contributed by atoms with Gasteiger partial charge in [-0.3, -0.25) is 4.90 Å². The van der Waals surface area contributed by atoms with Gasteiger partial charge in [0.1, 0.15) is 0 Å². The van der Waals surface area contributed by atoms with Gasteiger partial charge in [0.15, 0.2) is 0 Å². The Morgan fingerprint density at radius 3 is 2.25 bits per heavy atom. The highest BCUT2D eigenvalue weighted by Crippen LogP contribution is 2.26. The minimum atomic E-state index is -0.256. The third-order valence-electron chi connectivity index (χ3n) is 3.67. The number of nitrogens with zero attached hydrogens (tertiary/aromatic N) is 1. The molecule has 1 aliphatic carbocycles. The summed E-state index contributed by atoms with van der Waals surface area (Å²) in [5, 5.41) is 19.0. The summed E-state index contributed by atoms with van der Waals surface area (Å²) in [5.41, 5.74) is -0.0372. The van der Waals surface area contributed by atoms with Gasteiger partial charge in [0, 0.05) is 19.1 Å². The van der Waals surface area contributed by atoms with E-state index in [0.717, 1.165) is 19.5 Å². The van der Waals surface area contributed by atoms with Crippen LogP contribution in [0.25, 0.3) is 0 Å². The molecule has 0 saturated heterocycles. The Morgan fingerprint density at radius 1 is 1.25 bits per heavy atom. The molecule has 1 saturated carbocycles. The first kappa shape index (κ1) is 13.9. The predicted octanol–water partition coefficient (Wildman–Crippen LogP) is 1.63. The van der Waals surface area contributed by atoms with Crippen molar-refractivity contribution in [2.75, 3.05) is 19.7 Å². The van der Waals surface area contributed by atoms with Crippen molar-refractivity contribution in [3.05, 3.63) is 0 Å². The monoisotopic (exact) mass is 229 g/mol. The van der Waals surface area contributed by atoms with Crippen molar-refractivity contribution in [2.45, 2.75) is 58.6 Å². The van der Waals surface area contributed by atoms with E-state index in [9.17, 15) is 5.11 Å². The molecule has 3 nitrogen and oxygen atoms in total. The molecular weight excluding hydrogens is 202 g/mol. The average molecular weight is 229 g/mol. The van der Waals surface area contributed by atoms with Gasteiger partial charge in [0.05, 0.1) is 12.7 Å². The molecule has 0 aromatic carbocycles. The van der Waals surface area contributed by atoms with Crippen LogP contribution in [0, 0.1) is 5.41 Å². The number of rotatable bonds is 6. The number of aliphatic hydroxyl groups excluding tert-OH is 2. The van der Waals surface area contributed by atoms with Gasteiger partial charge in [-0.15, -0.1) is 0 Å². The van der Waals surface area contributed by atoms with E-state index in [1.807, 2.05) is 0 Å². The smallest absolute Gasteiger partial charge is 0.0600 e. The second-order valence-electron chi connectivity index (χ2n) is 6.01. The molecule has 16 heavy (non-hydrogen) atoms. The van der Waals surface area contributed by atoms with Crippen molar-refractivity contribution in [1.82, 2.24) is 4.90 Å². The van der Waals surface area contributed by atoms with Crippen molar-refractivity contribution >= 4 is 0 Å². The molecule has 96 valence electrons. The number of hydrogen-bond acceptors (Lipinski definition) is 3. The Hall–Kier alpha value is -0.120. The molecule has 0 radical (unpaired) electrons. The first-order valence-electron chi connectivity index (χ1n) is 6.48. The molecule has 1 fully saturated rings. The topological polar surface area (TPSA) is 43.7 Å². The lowest BCUT2D eigenvalue weighted by Gasteiger charge is -2.38. The van der Waals surface area contributed by atoms with Gasteiger partial charge < -0.3 is 10.2 Å². The molecular formula is C13H27NO2. The average Bonchev–Trinajstić information content (AvgIpc) is 2.09. The van der Waals surface area contributed by atoms with Gasteiger partial charge in [0.25, 0.3) is 0 Å². The Balaban J connectivity index is 2.31. The van der Waals surface area contributed by atoms with Gasteiger partial charge in [0.2, 0.25) is 0 Å². The van der Waals surface area contributed by atoms with Crippen LogP contribution in [0.3, 0.4) is 0 Å². The van der Waals surface area contributed by atoms with Gasteiger partial charge >= 0.3 is 0 Å². The van der Waals surface area contributed by atoms with Gasteiger partial charge in [-0.2, -0.15) is 0 Å². The maximum atomic E-state index is 9.99. The second kappa shape index (κ2) is 5.99. The molecule has 1 aliphatic rings. The molecule has 0 bridgehead atoms. The van der Waals surface area contributed by atoms with E-state index >= 15 is 0 Å². The zero-order valence-corrected chi connectivity index (χ0v) is 10.9. The lowest BCUT2D eigenvalue weighted by Crippen LogP contribution is -2.44. The SMILES string of the molecule is CC(C)(C)C(O)CCN(CCO)C1CCC1. The summed E-state index contributed by atoms with van der Waals surface area (Å²) in [7, 11) is 0. The van der Waals surface area contributed by atoms with E-state index in [1.165, 1.54) is 19.3 Å². The van der Waals surface area contributed by atoms with Crippen molar-refractivity contribution < 1.29 is 10.2 Å². The lowest BCUT2D eigenvalue weighted by molar-refractivity contribution is 0.0289. The van der Waals surface area contributed by atoms with Gasteiger partial charge in [-0.1, -0.05) is 27.2 Å². The summed E-state index contributed by atoms with van der Waals surface area (Å²) in [6.07, 6.45) is 4.37. The maximum Gasteiger partial charge on any atom is 0.0600 e. The molecule has 0 heterocycles. The van der Waals surface area contributed by atoms with E-state index in [0.29, 0.717) is 6.04 Å². The molecule has 1 rings (SSSR count). The Kier molecular flexibility index (Phi) is 5.22. The van der Waals surface area contributed by atoms with Crippen LogP contribution >= 0.6 is 0 Å². The van der Waals surface area contributed by atoms with Crippen LogP contribution < -0.4 is 0 Å². The van der Waals surface area contributed by atoms with Crippen LogP contribution in [0.1, 0.15) is 46.5 Å². The van der Waals surface area contributed by atoms with Crippen LogP contribution in [-0.4, -0.2) is 47.0 Å². The third kappa shape index (κ3) is 4.04.